The molecule has 19 nitrogen and oxygen atoms in total. The summed E-state index contributed by atoms with van der Waals surface area (Å²) in [6, 6.07) is 3.76. The van der Waals surface area contributed by atoms with E-state index in [2.05, 4.69) is 30.6 Å². The molecular weight excluding hydrogens is 862 g/mol. The molecule has 62 heavy (non-hydrogen) atoms. The third-order valence-corrected chi connectivity index (χ3v) is 12.5. The predicted octanol–water partition coefficient (Wildman–Crippen LogP) is 3.08. The minimum Gasteiger partial charge on any atom is -0.496 e. The second-order valence-corrected chi connectivity index (χ2v) is 18.2. The highest BCUT2D eigenvalue weighted by Gasteiger charge is 2.28. The van der Waals surface area contributed by atoms with E-state index in [1.807, 2.05) is 0 Å². The molecule has 0 amide bonds. The first-order chi connectivity index (χ1) is 29.2. The maximum absolute atomic E-state index is 14.3. The number of ketones is 2. The van der Waals surface area contributed by atoms with Crippen LogP contribution in [0.5, 0.6) is 17.2 Å². The van der Waals surface area contributed by atoms with E-state index in [1.165, 1.54) is 53.8 Å². The third-order valence-electron chi connectivity index (χ3n) is 9.92. The van der Waals surface area contributed by atoms with Gasteiger partial charge in [0.15, 0.2) is 23.2 Å². The topological polar surface area (TPSA) is 264 Å². The molecule has 2 saturated heterocycles. The summed E-state index contributed by atoms with van der Waals surface area (Å²) in [5.74, 6) is -4.17. The van der Waals surface area contributed by atoms with Crippen LogP contribution >= 0.6 is 0 Å². The first-order valence-corrected chi connectivity index (χ1v) is 22.7. The Labute approximate surface area is 356 Å². The van der Waals surface area contributed by atoms with Gasteiger partial charge in [0.2, 0.25) is 43.5 Å². The lowest BCUT2D eigenvalue weighted by atomic mass is 10.0. The average Bonchev–Trinajstić information content (AvgIpc) is 3.22. The second kappa shape index (κ2) is 19.9. The molecule has 6 rings (SSSR count). The molecule has 4 heterocycles. The summed E-state index contributed by atoms with van der Waals surface area (Å²) in [5, 5.41) is 6.19. The van der Waals surface area contributed by atoms with Crippen LogP contribution in [-0.4, -0.2) is 129 Å². The number of aromatic nitrogens is 4. The normalized spacial score (nSPS) is 15.5. The lowest BCUT2D eigenvalue weighted by molar-refractivity contribution is 0.102. The molecule has 2 aromatic heterocycles. The number of nitrogens with zero attached hydrogens (tertiary/aromatic N) is 6. The van der Waals surface area contributed by atoms with Crippen molar-refractivity contribution in [1.29, 1.82) is 0 Å². The van der Waals surface area contributed by atoms with Crippen molar-refractivity contribution in [1.82, 2.24) is 28.5 Å². The molecule has 0 saturated carbocycles. The van der Waals surface area contributed by atoms with Crippen LogP contribution in [0.4, 0.5) is 36.7 Å². The molecule has 2 aliphatic rings. The van der Waals surface area contributed by atoms with E-state index in [-0.39, 0.29) is 81.7 Å². The number of piperidine rings is 2. The number of carbonyl (C=O) groups excluding carboxylic acids is 2. The number of hydrogen-bond acceptors (Lipinski definition) is 17. The summed E-state index contributed by atoms with van der Waals surface area (Å²) in [6.07, 6.45) is 7.10. The largest absolute Gasteiger partial charge is 0.496 e. The van der Waals surface area contributed by atoms with Gasteiger partial charge < -0.3 is 36.3 Å². The van der Waals surface area contributed by atoms with Gasteiger partial charge in [-0.3, -0.25) is 9.59 Å². The molecule has 0 spiro atoms. The quantitative estimate of drug-likeness (QED) is 0.132. The molecule has 0 unspecified atom stereocenters. The summed E-state index contributed by atoms with van der Waals surface area (Å²) in [4.78, 5) is 42.2. The van der Waals surface area contributed by atoms with Crippen molar-refractivity contribution < 1.29 is 53.8 Å². The van der Waals surface area contributed by atoms with E-state index in [0.29, 0.717) is 51.9 Å². The van der Waals surface area contributed by atoms with Gasteiger partial charge in [-0.05, 0) is 44.7 Å². The van der Waals surface area contributed by atoms with Gasteiger partial charge in [0, 0.05) is 62.8 Å². The number of rotatable bonds is 14. The van der Waals surface area contributed by atoms with Gasteiger partial charge in [0.25, 0.3) is 0 Å². The number of hydrogen-bond donors (Lipinski definition) is 4. The molecule has 0 radical (unpaired) electrons. The van der Waals surface area contributed by atoms with Crippen LogP contribution in [0.25, 0.3) is 0 Å². The number of halogens is 3. The van der Waals surface area contributed by atoms with Gasteiger partial charge in [-0.15, -0.1) is 0 Å². The number of methoxy groups -OCH3 is 2. The van der Waals surface area contributed by atoms with Gasteiger partial charge in [-0.25, -0.2) is 48.6 Å². The molecule has 2 fully saturated rings. The Kier molecular flexibility index (Phi) is 15.1. The number of sulfonamides is 2. The van der Waals surface area contributed by atoms with Crippen molar-refractivity contribution in [3.05, 3.63) is 76.4 Å². The fraction of sp³-hybridized carbons (Fsp3) is 0.421. The van der Waals surface area contributed by atoms with E-state index in [9.17, 15) is 39.6 Å². The molecule has 2 aliphatic heterocycles. The molecule has 0 bridgehead atoms. The monoisotopic (exact) mass is 908 g/mol. The Bertz CT molecular complexity index is 2520. The van der Waals surface area contributed by atoms with Crippen molar-refractivity contribution >= 4 is 55.1 Å². The number of ether oxygens (including phenoxy) is 3. The highest BCUT2D eigenvalue weighted by atomic mass is 32.2. The van der Waals surface area contributed by atoms with Gasteiger partial charge >= 0.3 is 0 Å². The molecule has 6 N–H and O–H groups in total. The number of carbonyl (C=O) groups is 2. The molecule has 4 aromatic rings. The number of benzene rings is 2. The van der Waals surface area contributed by atoms with Crippen molar-refractivity contribution in [3.8, 4) is 17.2 Å². The number of nitrogens with two attached hydrogens (primary N) is 2. The summed E-state index contributed by atoms with van der Waals surface area (Å²) in [7, 11) is -3.85. The lowest BCUT2D eigenvalue weighted by Gasteiger charge is -2.30. The van der Waals surface area contributed by atoms with Crippen LogP contribution in [0, 0.1) is 17.5 Å². The highest BCUT2D eigenvalue weighted by molar-refractivity contribution is 7.88. The van der Waals surface area contributed by atoms with E-state index < -0.39 is 49.1 Å². The summed E-state index contributed by atoms with van der Waals surface area (Å²) in [6.45, 7) is 3.51. The molecule has 0 aliphatic carbocycles. The van der Waals surface area contributed by atoms with Crippen molar-refractivity contribution in [2.75, 3.05) is 81.6 Å². The average molecular weight is 909 g/mol. The molecule has 0 atom stereocenters. The minimum absolute atomic E-state index is 0.00399. The van der Waals surface area contributed by atoms with Gasteiger partial charge in [0.1, 0.15) is 23.1 Å². The van der Waals surface area contributed by atoms with E-state index in [1.54, 1.807) is 6.92 Å². The molecule has 24 heteroatoms. The smallest absolute Gasteiger partial charge is 0.224 e. The van der Waals surface area contributed by atoms with Crippen LogP contribution in [0.15, 0.2) is 36.7 Å². The van der Waals surface area contributed by atoms with Crippen LogP contribution in [0.1, 0.15) is 64.4 Å². The van der Waals surface area contributed by atoms with E-state index in [4.69, 9.17) is 25.7 Å². The second-order valence-electron chi connectivity index (χ2n) is 14.2. The summed E-state index contributed by atoms with van der Waals surface area (Å²) < 4.78 is 106. The molecular formula is C38H47F3N10O9S2. The van der Waals surface area contributed by atoms with Gasteiger partial charge in [-0.1, -0.05) is 0 Å². The Morgan fingerprint density at radius 1 is 0.661 bits per heavy atom. The SMILES string of the molecule is CCOc1cc(OC)c(C(=O)c2cnc(NC3CCN(S(C)(=O)=O)CC3)nc2N)cc1F.COc1cc(F)c(F)cc1C(=O)c1cnc(NC2CCN(S(C)(=O)=O)CC2)nc1N. The van der Waals surface area contributed by atoms with Crippen LogP contribution < -0.4 is 36.3 Å². The van der Waals surface area contributed by atoms with Crippen LogP contribution in [0.2, 0.25) is 0 Å². The zero-order valence-electron chi connectivity index (χ0n) is 34.4. The van der Waals surface area contributed by atoms with Crippen LogP contribution in [-0.2, 0) is 20.0 Å². The summed E-state index contributed by atoms with van der Waals surface area (Å²) >= 11 is 0. The van der Waals surface area contributed by atoms with Crippen LogP contribution in [0.3, 0.4) is 0 Å². The fourth-order valence-electron chi connectivity index (χ4n) is 6.62. The van der Waals surface area contributed by atoms with Gasteiger partial charge in [0.05, 0.1) is 55.6 Å². The van der Waals surface area contributed by atoms with Crippen molar-refractivity contribution in [3.63, 3.8) is 0 Å². The fourth-order valence-corrected chi connectivity index (χ4v) is 8.37. The highest BCUT2D eigenvalue weighted by Crippen LogP contribution is 2.31. The first kappa shape index (κ1) is 47.2. The predicted molar refractivity (Wildman–Crippen MR) is 223 cm³/mol. The standard InChI is InChI=1S/C20H26FN5O5S.C18H21F2N5O4S/c1-4-31-17-10-16(30-2)13(9-15(17)21)18(27)14-11-23-20(25-19(14)22)24-12-5-7-26(8-6-12)32(3,28)29;1-29-15-8-14(20)13(19)7-11(15)16(26)12-9-22-18(24-17(12)21)23-10-3-5-25(6-4-10)30(2,27)28/h9-12H,4-8H2,1-3H3,(H3,22,23,24,25);7-10H,3-6H2,1-2H3,(H3,21,22,23,24). The van der Waals surface area contributed by atoms with Crippen molar-refractivity contribution in [2.24, 2.45) is 0 Å². The molecule has 336 valence electrons. The summed E-state index contributed by atoms with van der Waals surface area (Å²) in [5.41, 5.74) is 11.6. The van der Waals surface area contributed by atoms with E-state index in [0.717, 1.165) is 18.2 Å². The Balaban J connectivity index is 0.000000235. The van der Waals surface area contributed by atoms with Crippen molar-refractivity contribution in [2.45, 2.75) is 44.7 Å². The maximum atomic E-state index is 14.3. The molecule has 2 aromatic carbocycles. The maximum Gasteiger partial charge on any atom is 0.224 e. The first-order valence-electron chi connectivity index (χ1n) is 19.0. The van der Waals surface area contributed by atoms with E-state index >= 15 is 0 Å². The Morgan fingerprint density at radius 2 is 1.05 bits per heavy atom. The Morgan fingerprint density at radius 3 is 1.42 bits per heavy atom. The zero-order valence-corrected chi connectivity index (χ0v) is 36.1. The minimum atomic E-state index is -3.23. The lowest BCUT2D eigenvalue weighted by Crippen LogP contribution is -2.42. The third kappa shape index (κ3) is 11.5. The van der Waals surface area contributed by atoms with Gasteiger partial charge in [-0.2, -0.15) is 9.97 Å². The Hall–Kier alpha value is -5.85. The zero-order chi connectivity index (χ0) is 45.5. The number of nitrogen functional groups attached to an aromatic ring is 2. The number of anilines is 4. The number of nitrogens with one attached hydrogen (secondary N) is 2.